The van der Waals surface area contributed by atoms with Crippen molar-refractivity contribution in [3.05, 3.63) is 24.3 Å². The summed E-state index contributed by atoms with van der Waals surface area (Å²) in [4.78, 5) is 15.3. The zero-order chi connectivity index (χ0) is 17.0. The third-order valence-electron chi connectivity index (χ3n) is 6.21. The maximum Gasteiger partial charge on any atom is 0.310 e. The Morgan fingerprint density at radius 1 is 1.17 bits per heavy atom. The first-order valence-corrected chi connectivity index (χ1v) is 9.83. The maximum atomic E-state index is 12.9. The molecule has 3 heteroatoms. The van der Waals surface area contributed by atoms with Gasteiger partial charge in [-0.2, -0.15) is 0 Å². The molecule has 24 heavy (non-hydrogen) atoms. The number of ether oxygens (including phenoxy) is 1. The molecule has 0 N–H and O–H groups in total. The Bertz CT molecular complexity index is 494. The van der Waals surface area contributed by atoms with E-state index in [2.05, 4.69) is 43.1 Å². The van der Waals surface area contributed by atoms with Crippen LogP contribution in [0, 0.1) is 17.8 Å². The Balaban J connectivity index is 1.56. The SMILES string of the molecule is CC1(C)CCCN1CCOC(=O)C(C1C=CCC1)C1C=CCCC1. The maximum absolute atomic E-state index is 12.9. The van der Waals surface area contributed by atoms with Gasteiger partial charge >= 0.3 is 5.97 Å². The number of likely N-dealkylation sites (tertiary alicyclic amines) is 1. The molecule has 0 spiro atoms. The van der Waals surface area contributed by atoms with Crippen LogP contribution in [0.15, 0.2) is 24.3 Å². The second-order valence-electron chi connectivity index (χ2n) is 8.29. The fraction of sp³-hybridized carbons (Fsp3) is 0.762. The van der Waals surface area contributed by atoms with Gasteiger partial charge in [0.2, 0.25) is 0 Å². The Labute approximate surface area is 147 Å². The summed E-state index contributed by atoms with van der Waals surface area (Å²) in [5.41, 5.74) is 0.256. The zero-order valence-corrected chi connectivity index (χ0v) is 15.4. The van der Waals surface area contributed by atoms with Crippen molar-refractivity contribution >= 4 is 5.97 Å². The molecule has 0 amide bonds. The number of hydrogen-bond donors (Lipinski definition) is 0. The number of rotatable bonds is 6. The molecule has 0 saturated carbocycles. The van der Waals surface area contributed by atoms with Gasteiger partial charge in [0.15, 0.2) is 0 Å². The normalized spacial score (nSPS) is 30.6. The van der Waals surface area contributed by atoms with E-state index in [-0.39, 0.29) is 17.4 Å². The summed E-state index contributed by atoms with van der Waals surface area (Å²) < 4.78 is 5.78. The van der Waals surface area contributed by atoms with E-state index in [1.54, 1.807) is 0 Å². The highest BCUT2D eigenvalue weighted by molar-refractivity contribution is 5.74. The van der Waals surface area contributed by atoms with Gasteiger partial charge in [-0.1, -0.05) is 24.3 Å². The van der Waals surface area contributed by atoms with Crippen LogP contribution in [0.4, 0.5) is 0 Å². The minimum Gasteiger partial charge on any atom is -0.464 e. The van der Waals surface area contributed by atoms with Crippen LogP contribution < -0.4 is 0 Å². The molecule has 3 aliphatic rings. The molecule has 3 unspecified atom stereocenters. The topological polar surface area (TPSA) is 29.5 Å². The van der Waals surface area contributed by atoms with E-state index >= 15 is 0 Å². The van der Waals surface area contributed by atoms with Crippen LogP contribution in [0.1, 0.15) is 58.8 Å². The second kappa shape index (κ2) is 7.86. The summed E-state index contributed by atoms with van der Waals surface area (Å²) >= 11 is 0. The number of nitrogens with zero attached hydrogens (tertiary/aromatic N) is 1. The molecule has 134 valence electrons. The lowest BCUT2D eigenvalue weighted by Gasteiger charge is -2.32. The Morgan fingerprint density at radius 2 is 1.92 bits per heavy atom. The molecule has 3 rings (SSSR count). The first kappa shape index (κ1) is 17.7. The van der Waals surface area contributed by atoms with Crippen LogP contribution in [0.2, 0.25) is 0 Å². The molecule has 1 aliphatic heterocycles. The van der Waals surface area contributed by atoms with Crippen LogP contribution in [-0.4, -0.2) is 36.1 Å². The minimum absolute atomic E-state index is 0.0203. The summed E-state index contributed by atoms with van der Waals surface area (Å²) in [6, 6.07) is 0. The molecule has 0 radical (unpaired) electrons. The van der Waals surface area contributed by atoms with Crippen molar-refractivity contribution in [1.29, 1.82) is 0 Å². The number of esters is 1. The number of carbonyl (C=O) groups is 1. The van der Waals surface area contributed by atoms with Crippen molar-refractivity contribution < 1.29 is 9.53 Å². The Morgan fingerprint density at radius 3 is 2.54 bits per heavy atom. The quantitative estimate of drug-likeness (QED) is 0.535. The van der Waals surface area contributed by atoms with Crippen molar-refractivity contribution in [2.45, 2.75) is 64.3 Å². The van der Waals surface area contributed by atoms with Crippen molar-refractivity contribution in [3.63, 3.8) is 0 Å². The molecule has 0 aromatic heterocycles. The van der Waals surface area contributed by atoms with Crippen LogP contribution in [0.25, 0.3) is 0 Å². The Kier molecular flexibility index (Phi) is 5.80. The van der Waals surface area contributed by atoms with Gasteiger partial charge in [0, 0.05) is 12.1 Å². The van der Waals surface area contributed by atoms with E-state index in [1.165, 1.54) is 19.3 Å². The average molecular weight is 332 g/mol. The molecule has 1 saturated heterocycles. The third kappa shape index (κ3) is 4.11. The zero-order valence-electron chi connectivity index (χ0n) is 15.4. The highest BCUT2D eigenvalue weighted by Crippen LogP contribution is 2.36. The molecule has 2 aliphatic carbocycles. The summed E-state index contributed by atoms with van der Waals surface area (Å²) in [6.07, 6.45) is 17.2. The lowest BCUT2D eigenvalue weighted by Crippen LogP contribution is -2.41. The van der Waals surface area contributed by atoms with E-state index in [4.69, 9.17) is 4.74 Å². The van der Waals surface area contributed by atoms with Gasteiger partial charge in [-0.05, 0) is 77.2 Å². The Hall–Kier alpha value is -1.09. The van der Waals surface area contributed by atoms with Gasteiger partial charge < -0.3 is 4.74 Å². The highest BCUT2D eigenvalue weighted by Gasteiger charge is 2.36. The van der Waals surface area contributed by atoms with Gasteiger partial charge in [-0.25, -0.2) is 0 Å². The van der Waals surface area contributed by atoms with Gasteiger partial charge in [-0.3, -0.25) is 9.69 Å². The predicted octanol–water partition coefficient (Wildman–Crippen LogP) is 4.34. The van der Waals surface area contributed by atoms with Gasteiger partial charge in [-0.15, -0.1) is 0 Å². The third-order valence-corrected chi connectivity index (χ3v) is 6.21. The van der Waals surface area contributed by atoms with Crippen molar-refractivity contribution in [3.8, 4) is 0 Å². The van der Waals surface area contributed by atoms with E-state index in [9.17, 15) is 4.79 Å². The minimum atomic E-state index is 0.0203. The summed E-state index contributed by atoms with van der Waals surface area (Å²) in [5.74, 6) is 0.780. The number of hydrogen-bond acceptors (Lipinski definition) is 3. The van der Waals surface area contributed by atoms with Crippen LogP contribution in [0.5, 0.6) is 0 Å². The van der Waals surface area contributed by atoms with E-state index in [0.717, 1.165) is 38.8 Å². The van der Waals surface area contributed by atoms with Gasteiger partial charge in [0.1, 0.15) is 6.61 Å². The molecule has 0 aromatic rings. The standard InChI is InChI=1S/C21H33NO2/c1-21(2)13-8-14-22(21)15-16-24-20(23)19(18-11-6-7-12-18)17-9-4-3-5-10-17/h4,6,9,11,17-19H,3,5,7-8,10,12-16H2,1-2H3. The molecule has 3 nitrogen and oxygen atoms in total. The van der Waals surface area contributed by atoms with Crippen molar-refractivity contribution in [2.75, 3.05) is 19.7 Å². The fourth-order valence-electron chi connectivity index (χ4n) is 4.69. The van der Waals surface area contributed by atoms with Crippen LogP contribution in [-0.2, 0) is 9.53 Å². The molecule has 1 fully saturated rings. The van der Waals surface area contributed by atoms with Crippen LogP contribution in [0.3, 0.4) is 0 Å². The van der Waals surface area contributed by atoms with E-state index < -0.39 is 0 Å². The molecular formula is C21H33NO2. The van der Waals surface area contributed by atoms with E-state index in [1.807, 2.05) is 0 Å². The molecule has 0 aromatic carbocycles. The largest absolute Gasteiger partial charge is 0.464 e. The highest BCUT2D eigenvalue weighted by atomic mass is 16.5. The van der Waals surface area contributed by atoms with E-state index in [0.29, 0.717) is 18.4 Å². The molecule has 1 heterocycles. The van der Waals surface area contributed by atoms with Gasteiger partial charge in [0.05, 0.1) is 5.92 Å². The summed E-state index contributed by atoms with van der Waals surface area (Å²) in [7, 11) is 0. The van der Waals surface area contributed by atoms with Crippen molar-refractivity contribution in [2.24, 2.45) is 17.8 Å². The fourth-order valence-corrected chi connectivity index (χ4v) is 4.69. The summed E-state index contributed by atoms with van der Waals surface area (Å²) in [6.45, 7) is 7.12. The molecule has 3 atom stereocenters. The van der Waals surface area contributed by atoms with Crippen LogP contribution >= 0.6 is 0 Å². The molecule has 0 bridgehead atoms. The number of carbonyl (C=O) groups excluding carboxylic acids is 1. The second-order valence-corrected chi connectivity index (χ2v) is 8.29. The average Bonchev–Trinajstić information content (AvgIpc) is 3.19. The monoisotopic (exact) mass is 331 g/mol. The van der Waals surface area contributed by atoms with Gasteiger partial charge in [0.25, 0.3) is 0 Å². The lowest BCUT2D eigenvalue weighted by molar-refractivity contribution is -0.152. The lowest BCUT2D eigenvalue weighted by atomic mass is 9.77. The first-order chi connectivity index (χ1) is 11.6. The molecular weight excluding hydrogens is 298 g/mol. The summed E-state index contributed by atoms with van der Waals surface area (Å²) in [5, 5.41) is 0. The first-order valence-electron chi connectivity index (χ1n) is 9.83. The predicted molar refractivity (Wildman–Crippen MR) is 97.7 cm³/mol. The number of allylic oxidation sites excluding steroid dienone is 4. The van der Waals surface area contributed by atoms with Crippen molar-refractivity contribution in [1.82, 2.24) is 4.90 Å². The smallest absolute Gasteiger partial charge is 0.310 e.